The Bertz CT molecular complexity index is 532. The molecule has 18 heavy (non-hydrogen) atoms. The van der Waals surface area contributed by atoms with Crippen LogP contribution in [-0.2, 0) is 4.74 Å². The minimum Gasteiger partial charge on any atom is -0.385 e. The van der Waals surface area contributed by atoms with Crippen molar-refractivity contribution in [3.63, 3.8) is 0 Å². The summed E-state index contributed by atoms with van der Waals surface area (Å²) in [6.45, 7) is 4.94. The van der Waals surface area contributed by atoms with Gasteiger partial charge in [0, 0.05) is 25.4 Å². The summed E-state index contributed by atoms with van der Waals surface area (Å²) in [7, 11) is 0. The van der Waals surface area contributed by atoms with Gasteiger partial charge in [-0.25, -0.2) is 4.98 Å². The molecule has 96 valence electrons. The van der Waals surface area contributed by atoms with Crippen molar-refractivity contribution >= 4 is 27.2 Å². The highest BCUT2D eigenvalue weighted by molar-refractivity contribution is 7.18. The summed E-state index contributed by atoms with van der Waals surface area (Å²) >= 11 is 1.76. The van der Waals surface area contributed by atoms with Crippen molar-refractivity contribution in [3.05, 3.63) is 23.2 Å². The molecule has 0 radical (unpaired) electrons. The summed E-state index contributed by atoms with van der Waals surface area (Å²) in [6.07, 6.45) is 2.35. The Morgan fingerprint density at radius 1 is 1.39 bits per heavy atom. The summed E-state index contributed by atoms with van der Waals surface area (Å²) in [4.78, 5) is 4.48. The normalized spacial score (nSPS) is 17.2. The van der Waals surface area contributed by atoms with Gasteiger partial charge < -0.3 is 10.1 Å². The largest absolute Gasteiger partial charge is 0.385 e. The molecule has 1 aliphatic rings. The third-order valence-electron chi connectivity index (χ3n) is 3.43. The Morgan fingerprint density at radius 2 is 2.22 bits per heavy atom. The molecule has 3 rings (SSSR count). The van der Waals surface area contributed by atoms with Crippen molar-refractivity contribution in [2.45, 2.75) is 19.8 Å². The fourth-order valence-electron chi connectivity index (χ4n) is 2.36. The summed E-state index contributed by atoms with van der Waals surface area (Å²) < 4.78 is 6.65. The number of fused-ring (bicyclic) bond motifs is 1. The van der Waals surface area contributed by atoms with E-state index in [2.05, 4.69) is 35.4 Å². The van der Waals surface area contributed by atoms with Gasteiger partial charge >= 0.3 is 0 Å². The van der Waals surface area contributed by atoms with Crippen molar-refractivity contribution in [2.75, 3.05) is 25.1 Å². The smallest absolute Gasteiger partial charge is 0.0907 e. The highest BCUT2D eigenvalue weighted by Crippen LogP contribution is 2.25. The van der Waals surface area contributed by atoms with Crippen molar-refractivity contribution in [1.82, 2.24) is 4.98 Å². The van der Waals surface area contributed by atoms with Crippen LogP contribution < -0.4 is 5.32 Å². The number of benzene rings is 1. The third kappa shape index (κ3) is 2.65. The number of thiazole rings is 1. The molecule has 0 spiro atoms. The minimum atomic E-state index is 0.748. The van der Waals surface area contributed by atoms with Gasteiger partial charge in [0.05, 0.1) is 15.2 Å². The Kier molecular flexibility index (Phi) is 3.48. The third-order valence-corrected chi connectivity index (χ3v) is 4.36. The average Bonchev–Trinajstić information content (AvgIpc) is 2.77. The zero-order chi connectivity index (χ0) is 12.4. The fourth-order valence-corrected chi connectivity index (χ4v) is 3.23. The van der Waals surface area contributed by atoms with E-state index in [-0.39, 0.29) is 0 Å². The minimum absolute atomic E-state index is 0.748. The van der Waals surface area contributed by atoms with E-state index in [0.29, 0.717) is 0 Å². The zero-order valence-electron chi connectivity index (χ0n) is 10.6. The van der Waals surface area contributed by atoms with E-state index in [0.717, 1.165) is 36.2 Å². The molecule has 0 aliphatic carbocycles. The van der Waals surface area contributed by atoms with E-state index in [1.165, 1.54) is 23.2 Å². The quantitative estimate of drug-likeness (QED) is 0.920. The lowest BCUT2D eigenvalue weighted by molar-refractivity contribution is 0.0699. The van der Waals surface area contributed by atoms with Crippen LogP contribution in [0.2, 0.25) is 0 Å². The standard InChI is InChI=1S/C14H18N2OS/c1-10-16-13-3-2-12(8-14(13)18-10)15-9-11-4-6-17-7-5-11/h2-3,8,11,15H,4-7,9H2,1H3. The molecule has 0 saturated carbocycles. The van der Waals surface area contributed by atoms with Gasteiger partial charge in [-0.2, -0.15) is 0 Å². The highest BCUT2D eigenvalue weighted by atomic mass is 32.1. The molecule has 1 N–H and O–H groups in total. The van der Waals surface area contributed by atoms with E-state index in [1.54, 1.807) is 11.3 Å². The molecule has 0 amide bonds. The highest BCUT2D eigenvalue weighted by Gasteiger charge is 2.13. The molecular formula is C14H18N2OS. The topological polar surface area (TPSA) is 34.2 Å². The van der Waals surface area contributed by atoms with Crippen LogP contribution in [0, 0.1) is 12.8 Å². The van der Waals surface area contributed by atoms with Gasteiger partial charge in [0.2, 0.25) is 0 Å². The zero-order valence-corrected chi connectivity index (χ0v) is 11.4. The van der Waals surface area contributed by atoms with Crippen LogP contribution in [0.3, 0.4) is 0 Å². The van der Waals surface area contributed by atoms with Crippen LogP contribution in [0.5, 0.6) is 0 Å². The SMILES string of the molecule is Cc1nc2ccc(NCC3CCOCC3)cc2s1. The van der Waals surface area contributed by atoms with Gasteiger partial charge in [-0.15, -0.1) is 11.3 Å². The van der Waals surface area contributed by atoms with Gasteiger partial charge in [-0.05, 0) is 43.9 Å². The van der Waals surface area contributed by atoms with Crippen molar-refractivity contribution in [3.8, 4) is 0 Å². The maximum absolute atomic E-state index is 5.38. The first-order chi connectivity index (χ1) is 8.81. The molecule has 4 heteroatoms. The van der Waals surface area contributed by atoms with Crippen LogP contribution in [0.15, 0.2) is 18.2 Å². The number of aryl methyl sites for hydroxylation is 1. The monoisotopic (exact) mass is 262 g/mol. The van der Waals surface area contributed by atoms with Crippen LogP contribution in [0.4, 0.5) is 5.69 Å². The fraction of sp³-hybridized carbons (Fsp3) is 0.500. The molecule has 1 aromatic heterocycles. The van der Waals surface area contributed by atoms with Crippen LogP contribution in [0.25, 0.3) is 10.2 Å². The maximum Gasteiger partial charge on any atom is 0.0907 e. The average molecular weight is 262 g/mol. The number of nitrogens with zero attached hydrogens (tertiary/aromatic N) is 1. The first-order valence-corrected chi connectivity index (χ1v) is 7.32. The number of anilines is 1. The summed E-state index contributed by atoms with van der Waals surface area (Å²) in [5.74, 6) is 0.748. The molecule has 2 heterocycles. The second-order valence-electron chi connectivity index (χ2n) is 4.85. The van der Waals surface area contributed by atoms with E-state index in [1.807, 2.05) is 0 Å². The lowest BCUT2D eigenvalue weighted by atomic mass is 10.0. The molecule has 1 aliphatic heterocycles. The molecule has 2 aromatic rings. The second-order valence-corrected chi connectivity index (χ2v) is 6.09. The number of aromatic nitrogens is 1. The molecule has 1 saturated heterocycles. The Morgan fingerprint density at radius 3 is 3.06 bits per heavy atom. The molecule has 1 aromatic carbocycles. The lowest BCUT2D eigenvalue weighted by Gasteiger charge is -2.22. The van der Waals surface area contributed by atoms with Gasteiger partial charge in [0.1, 0.15) is 0 Å². The molecule has 0 bridgehead atoms. The molecular weight excluding hydrogens is 244 g/mol. The summed E-state index contributed by atoms with van der Waals surface area (Å²) in [5, 5.41) is 4.67. The number of rotatable bonds is 3. The van der Waals surface area contributed by atoms with Gasteiger partial charge in [0.15, 0.2) is 0 Å². The van der Waals surface area contributed by atoms with Crippen LogP contribution in [0.1, 0.15) is 17.8 Å². The molecule has 0 atom stereocenters. The van der Waals surface area contributed by atoms with Gasteiger partial charge in [-0.1, -0.05) is 0 Å². The van der Waals surface area contributed by atoms with E-state index in [9.17, 15) is 0 Å². The van der Waals surface area contributed by atoms with Gasteiger partial charge in [-0.3, -0.25) is 0 Å². The van der Waals surface area contributed by atoms with E-state index in [4.69, 9.17) is 4.74 Å². The maximum atomic E-state index is 5.38. The number of hydrogen-bond donors (Lipinski definition) is 1. The summed E-state index contributed by atoms with van der Waals surface area (Å²) in [5.41, 5.74) is 2.31. The molecule has 1 fully saturated rings. The van der Waals surface area contributed by atoms with Gasteiger partial charge in [0.25, 0.3) is 0 Å². The first-order valence-electron chi connectivity index (χ1n) is 6.50. The lowest BCUT2D eigenvalue weighted by Crippen LogP contribution is -2.22. The second kappa shape index (κ2) is 5.24. The predicted molar refractivity (Wildman–Crippen MR) is 76.4 cm³/mol. The van der Waals surface area contributed by atoms with Crippen LogP contribution >= 0.6 is 11.3 Å². The van der Waals surface area contributed by atoms with Crippen molar-refractivity contribution in [2.24, 2.45) is 5.92 Å². The van der Waals surface area contributed by atoms with E-state index >= 15 is 0 Å². The van der Waals surface area contributed by atoms with Crippen molar-refractivity contribution < 1.29 is 4.74 Å². The number of nitrogens with one attached hydrogen (secondary N) is 1. The van der Waals surface area contributed by atoms with Crippen LogP contribution in [-0.4, -0.2) is 24.7 Å². The van der Waals surface area contributed by atoms with E-state index < -0.39 is 0 Å². The Labute approximate surface area is 111 Å². The first kappa shape index (κ1) is 11.9. The predicted octanol–water partition coefficient (Wildman–Crippen LogP) is 3.44. The molecule has 3 nitrogen and oxygen atoms in total. The number of hydrogen-bond acceptors (Lipinski definition) is 4. The number of ether oxygens (including phenoxy) is 1. The van der Waals surface area contributed by atoms with Crippen molar-refractivity contribution in [1.29, 1.82) is 0 Å². The molecule has 0 unspecified atom stereocenters. The Balaban J connectivity index is 1.66. The Hall–Kier alpha value is -1.13. The summed E-state index contributed by atoms with van der Waals surface area (Å²) in [6, 6.07) is 6.44.